The molecule has 1 heterocycles. The lowest BCUT2D eigenvalue weighted by Gasteiger charge is -2.26. The fourth-order valence-corrected chi connectivity index (χ4v) is 4.38. The van der Waals surface area contributed by atoms with Crippen LogP contribution in [0.2, 0.25) is 5.15 Å². The highest BCUT2D eigenvalue weighted by atomic mass is 35.5. The number of pyridine rings is 1. The van der Waals surface area contributed by atoms with Crippen molar-refractivity contribution in [2.75, 3.05) is 10.1 Å². The molecule has 3 aromatic rings. The van der Waals surface area contributed by atoms with Crippen molar-refractivity contribution in [1.82, 2.24) is 4.98 Å². The van der Waals surface area contributed by atoms with Crippen molar-refractivity contribution < 1.29 is 26.3 Å². The van der Waals surface area contributed by atoms with E-state index in [1.54, 1.807) is 49.4 Å². The van der Waals surface area contributed by atoms with Gasteiger partial charge in [0.25, 0.3) is 0 Å². The van der Waals surface area contributed by atoms with Crippen LogP contribution in [0.15, 0.2) is 66.7 Å². The van der Waals surface area contributed by atoms with Gasteiger partial charge in [0.2, 0.25) is 10.0 Å². The number of aryl methyl sites for hydroxylation is 1. The lowest BCUT2D eigenvalue weighted by molar-refractivity contribution is -0.106. The second-order valence-corrected chi connectivity index (χ2v) is 8.94. The number of rotatable bonds is 7. The van der Waals surface area contributed by atoms with E-state index < -0.39 is 28.5 Å². The molecule has 0 aliphatic rings. The van der Waals surface area contributed by atoms with E-state index in [0.29, 0.717) is 15.7 Å². The third kappa shape index (κ3) is 6.35. The second kappa shape index (κ2) is 9.15. The molecule has 164 valence electrons. The van der Waals surface area contributed by atoms with E-state index in [9.17, 15) is 21.6 Å². The predicted octanol–water partition coefficient (Wildman–Crippen LogP) is 5.73. The summed E-state index contributed by atoms with van der Waals surface area (Å²) in [6.07, 6.45) is -4.91. The number of alkyl halides is 3. The van der Waals surface area contributed by atoms with Crippen LogP contribution in [0.1, 0.15) is 11.3 Å². The van der Waals surface area contributed by atoms with E-state index in [1.807, 2.05) is 0 Å². The van der Waals surface area contributed by atoms with E-state index in [1.165, 1.54) is 24.3 Å². The highest BCUT2D eigenvalue weighted by molar-refractivity contribution is 7.92. The molecule has 0 aliphatic carbocycles. The molecule has 0 amide bonds. The van der Waals surface area contributed by atoms with Crippen LogP contribution in [0.4, 0.5) is 18.9 Å². The lowest BCUT2D eigenvalue weighted by atomic mass is 10.2. The first-order valence-corrected chi connectivity index (χ1v) is 11.0. The highest BCUT2D eigenvalue weighted by Crippen LogP contribution is 2.31. The zero-order valence-electron chi connectivity index (χ0n) is 16.3. The Balaban J connectivity index is 2.00. The van der Waals surface area contributed by atoms with Crippen LogP contribution in [0, 0.1) is 6.92 Å². The van der Waals surface area contributed by atoms with Gasteiger partial charge < -0.3 is 4.74 Å². The molecule has 2 aromatic carbocycles. The molecule has 0 saturated heterocycles. The van der Waals surface area contributed by atoms with Crippen LogP contribution >= 0.6 is 11.6 Å². The molecule has 0 saturated carbocycles. The van der Waals surface area contributed by atoms with Gasteiger partial charge in [0.15, 0.2) is 5.75 Å². The first-order valence-electron chi connectivity index (χ1n) is 9.06. The zero-order chi connectivity index (χ0) is 22.6. The summed E-state index contributed by atoms with van der Waals surface area (Å²) < 4.78 is 70.7. The van der Waals surface area contributed by atoms with Crippen LogP contribution in [0.25, 0.3) is 0 Å². The molecule has 0 spiro atoms. The molecule has 31 heavy (non-hydrogen) atoms. The Kier molecular flexibility index (Phi) is 6.76. The number of benzene rings is 2. The number of ether oxygens (including phenoxy) is 1. The maximum Gasteiger partial charge on any atom is 0.404 e. The van der Waals surface area contributed by atoms with Crippen molar-refractivity contribution in [3.05, 3.63) is 83.1 Å². The number of hydrogen-bond donors (Lipinski definition) is 0. The molecule has 0 unspecified atom stereocenters. The lowest BCUT2D eigenvalue weighted by Crippen LogP contribution is -2.37. The molecule has 5 nitrogen and oxygen atoms in total. The molecule has 1 aromatic heterocycles. The first kappa shape index (κ1) is 22.9. The minimum absolute atomic E-state index is 0.00863. The summed E-state index contributed by atoms with van der Waals surface area (Å²) in [6.45, 7) is 1.28. The van der Waals surface area contributed by atoms with E-state index in [4.69, 9.17) is 16.3 Å². The fraction of sp³-hybridized carbons (Fsp3) is 0.190. The zero-order valence-corrected chi connectivity index (χ0v) is 17.9. The molecule has 0 atom stereocenters. The average molecular weight is 471 g/mol. The van der Waals surface area contributed by atoms with Crippen LogP contribution in [-0.2, 0) is 16.6 Å². The molecular formula is C21H18ClF3N2O3S. The third-order valence-corrected chi connectivity index (χ3v) is 6.18. The third-order valence-electron chi connectivity index (χ3n) is 4.15. The minimum Gasteiger partial charge on any atom is -0.457 e. The van der Waals surface area contributed by atoms with Crippen LogP contribution in [0.3, 0.4) is 0 Å². The van der Waals surface area contributed by atoms with E-state index in [-0.39, 0.29) is 22.2 Å². The Morgan fingerprint density at radius 1 is 1.00 bits per heavy atom. The molecule has 0 fully saturated rings. The van der Waals surface area contributed by atoms with Gasteiger partial charge in [0, 0.05) is 17.3 Å². The number of para-hydroxylation sites is 1. The van der Waals surface area contributed by atoms with Crippen LogP contribution in [0.5, 0.6) is 11.5 Å². The van der Waals surface area contributed by atoms with Crippen molar-refractivity contribution in [2.45, 2.75) is 19.6 Å². The van der Waals surface area contributed by atoms with Gasteiger partial charge in [-0.15, -0.1) is 0 Å². The summed E-state index contributed by atoms with van der Waals surface area (Å²) >= 11 is 6.10. The van der Waals surface area contributed by atoms with Crippen LogP contribution in [-0.4, -0.2) is 25.3 Å². The van der Waals surface area contributed by atoms with Crippen molar-refractivity contribution in [1.29, 1.82) is 0 Å². The summed E-state index contributed by atoms with van der Waals surface area (Å²) in [5.74, 6) is -1.25. The number of anilines is 1. The highest BCUT2D eigenvalue weighted by Gasteiger charge is 2.39. The van der Waals surface area contributed by atoms with Gasteiger partial charge in [0.1, 0.15) is 16.7 Å². The molecule has 10 heteroatoms. The number of hydrogen-bond acceptors (Lipinski definition) is 4. The first-order chi connectivity index (χ1) is 14.5. The molecule has 0 bridgehead atoms. The smallest absolute Gasteiger partial charge is 0.404 e. The Hall–Kier alpha value is -2.78. The van der Waals surface area contributed by atoms with Crippen molar-refractivity contribution in [2.24, 2.45) is 0 Å². The average Bonchev–Trinajstić information content (AvgIpc) is 2.66. The second-order valence-electron chi connectivity index (χ2n) is 6.69. The Morgan fingerprint density at radius 3 is 2.32 bits per heavy atom. The van der Waals surface area contributed by atoms with Gasteiger partial charge in [-0.1, -0.05) is 41.9 Å². The van der Waals surface area contributed by atoms with Gasteiger partial charge in [-0.05, 0) is 37.3 Å². The SMILES string of the molecule is Cc1ccc(CN(c2cccc(Oc3ccccc3)c2)S(=O)(=O)CC(F)(F)F)c(Cl)n1. The summed E-state index contributed by atoms with van der Waals surface area (Å²) in [5, 5.41) is 0.0175. The molecular weight excluding hydrogens is 453 g/mol. The summed E-state index contributed by atoms with van der Waals surface area (Å²) in [6, 6.07) is 17.7. The molecule has 3 rings (SSSR count). The molecule has 0 radical (unpaired) electrons. The number of aromatic nitrogens is 1. The largest absolute Gasteiger partial charge is 0.457 e. The van der Waals surface area contributed by atoms with Crippen molar-refractivity contribution in [3.63, 3.8) is 0 Å². The van der Waals surface area contributed by atoms with Gasteiger partial charge in [-0.2, -0.15) is 13.2 Å². The molecule has 0 aliphatic heterocycles. The predicted molar refractivity (Wildman–Crippen MR) is 113 cm³/mol. The van der Waals surface area contributed by atoms with Gasteiger partial charge in [0.05, 0.1) is 12.2 Å². The maximum atomic E-state index is 13.0. The van der Waals surface area contributed by atoms with Gasteiger partial charge in [-0.3, -0.25) is 4.31 Å². The standard InChI is InChI=1S/C21H18ClF3N2O3S/c1-15-10-11-16(20(22)26-15)13-27(31(28,29)14-21(23,24)25)17-6-5-9-19(12-17)30-18-7-3-2-4-8-18/h2-12H,13-14H2,1H3. The van der Waals surface area contributed by atoms with Crippen molar-refractivity contribution >= 4 is 27.3 Å². The maximum absolute atomic E-state index is 13.0. The number of nitrogens with zero attached hydrogens (tertiary/aromatic N) is 2. The number of halogens is 4. The van der Waals surface area contributed by atoms with Gasteiger partial charge in [-0.25, -0.2) is 13.4 Å². The van der Waals surface area contributed by atoms with E-state index >= 15 is 0 Å². The Labute approximate surface area is 183 Å². The quantitative estimate of drug-likeness (QED) is 0.413. The monoisotopic (exact) mass is 470 g/mol. The Bertz CT molecular complexity index is 1160. The normalized spacial score (nSPS) is 11.9. The minimum atomic E-state index is -4.91. The summed E-state index contributed by atoms with van der Waals surface area (Å²) in [4.78, 5) is 4.05. The Morgan fingerprint density at radius 2 is 1.68 bits per heavy atom. The van der Waals surface area contributed by atoms with Crippen molar-refractivity contribution in [3.8, 4) is 11.5 Å². The van der Waals surface area contributed by atoms with E-state index in [0.717, 1.165) is 0 Å². The fourth-order valence-electron chi connectivity index (χ4n) is 2.79. The van der Waals surface area contributed by atoms with Gasteiger partial charge >= 0.3 is 6.18 Å². The molecule has 0 N–H and O–H groups in total. The number of sulfonamides is 1. The summed E-state index contributed by atoms with van der Waals surface area (Å²) in [5.41, 5.74) is 0.874. The van der Waals surface area contributed by atoms with E-state index in [2.05, 4.69) is 4.98 Å². The summed E-state index contributed by atoms with van der Waals surface area (Å²) in [7, 11) is -4.78. The van der Waals surface area contributed by atoms with Crippen LogP contribution < -0.4 is 9.04 Å². The topological polar surface area (TPSA) is 59.5 Å².